The minimum atomic E-state index is -0.319. The van der Waals surface area contributed by atoms with E-state index in [9.17, 15) is 4.79 Å². The van der Waals surface area contributed by atoms with E-state index in [1.54, 1.807) is 6.92 Å². The molecular weight excluding hydrogens is 344 g/mol. The fourth-order valence-corrected chi connectivity index (χ4v) is 2.54. The van der Waals surface area contributed by atoms with Gasteiger partial charge in [0.2, 0.25) is 0 Å². The van der Waals surface area contributed by atoms with Gasteiger partial charge in [-0.05, 0) is 31.5 Å². The molecule has 0 aliphatic carbocycles. The van der Waals surface area contributed by atoms with Crippen molar-refractivity contribution in [3.05, 3.63) is 61.5 Å². The van der Waals surface area contributed by atoms with Gasteiger partial charge in [-0.1, -0.05) is 28.1 Å². The monoisotopic (exact) mass is 361 g/mol. The second-order valence-corrected chi connectivity index (χ2v) is 6.34. The fraction of sp³-hybridized carbons (Fsp3) is 0.312. The zero-order chi connectivity index (χ0) is 16.3. The first-order chi connectivity index (χ1) is 10.4. The molecule has 6 heteroatoms. The van der Waals surface area contributed by atoms with Crippen LogP contribution in [0.2, 0.25) is 0 Å². The molecule has 1 aromatic heterocycles. The SMILES string of the molecule is Cc1nn(C[NH+](C)Cc2ccc(Br)cc2)c(=O)c(C#N)c1C. The molecule has 114 valence electrons. The topological polar surface area (TPSA) is 63.1 Å². The third kappa shape index (κ3) is 3.62. The molecule has 0 saturated heterocycles. The number of aromatic nitrogens is 2. The Morgan fingerprint density at radius 2 is 1.95 bits per heavy atom. The Morgan fingerprint density at radius 1 is 1.32 bits per heavy atom. The highest BCUT2D eigenvalue weighted by molar-refractivity contribution is 9.10. The van der Waals surface area contributed by atoms with Crippen LogP contribution in [0.5, 0.6) is 0 Å². The molecule has 22 heavy (non-hydrogen) atoms. The number of rotatable bonds is 4. The third-order valence-electron chi connectivity index (χ3n) is 3.59. The van der Waals surface area contributed by atoms with E-state index in [1.165, 1.54) is 10.2 Å². The molecule has 1 aromatic carbocycles. The summed E-state index contributed by atoms with van der Waals surface area (Å²) in [6, 6.07) is 10.1. The molecular formula is C16H18BrN4O+. The summed E-state index contributed by atoms with van der Waals surface area (Å²) in [6.07, 6.45) is 0. The number of hydrogen-bond donors (Lipinski definition) is 1. The second kappa shape index (κ2) is 6.86. The average Bonchev–Trinajstić information content (AvgIpc) is 2.48. The van der Waals surface area contributed by atoms with Crippen LogP contribution in [0.3, 0.4) is 0 Å². The van der Waals surface area contributed by atoms with Crippen molar-refractivity contribution >= 4 is 15.9 Å². The maximum absolute atomic E-state index is 12.3. The van der Waals surface area contributed by atoms with E-state index in [0.29, 0.717) is 17.9 Å². The van der Waals surface area contributed by atoms with Crippen LogP contribution in [-0.2, 0) is 13.2 Å². The van der Waals surface area contributed by atoms with Crippen LogP contribution in [0.4, 0.5) is 0 Å². The van der Waals surface area contributed by atoms with Crippen molar-refractivity contribution < 1.29 is 4.90 Å². The molecule has 0 aliphatic rings. The summed E-state index contributed by atoms with van der Waals surface area (Å²) in [4.78, 5) is 13.4. The number of nitriles is 1. The van der Waals surface area contributed by atoms with E-state index in [4.69, 9.17) is 5.26 Å². The Kier molecular flexibility index (Phi) is 5.11. The number of benzene rings is 1. The van der Waals surface area contributed by atoms with Crippen LogP contribution < -0.4 is 10.5 Å². The Labute approximate surface area is 137 Å². The first-order valence-electron chi connectivity index (χ1n) is 6.96. The minimum absolute atomic E-state index is 0.184. The fourth-order valence-electron chi connectivity index (χ4n) is 2.27. The van der Waals surface area contributed by atoms with Crippen molar-refractivity contribution in [3.8, 4) is 6.07 Å². The first kappa shape index (κ1) is 16.4. The summed E-state index contributed by atoms with van der Waals surface area (Å²) in [6.45, 7) is 4.77. The number of aryl methyl sites for hydroxylation is 1. The summed E-state index contributed by atoms with van der Waals surface area (Å²) in [5.41, 5.74) is 2.42. The zero-order valence-corrected chi connectivity index (χ0v) is 14.4. The molecule has 0 fully saturated rings. The summed E-state index contributed by atoms with van der Waals surface area (Å²) >= 11 is 3.41. The molecule has 1 heterocycles. The molecule has 2 rings (SSSR count). The van der Waals surface area contributed by atoms with Crippen LogP contribution in [0.15, 0.2) is 33.5 Å². The average molecular weight is 362 g/mol. The molecule has 0 amide bonds. The summed E-state index contributed by atoms with van der Waals surface area (Å²) in [7, 11) is 2.00. The zero-order valence-electron chi connectivity index (χ0n) is 12.9. The molecule has 2 aromatic rings. The molecule has 0 saturated carbocycles. The Balaban J connectivity index is 2.20. The molecule has 0 aliphatic heterocycles. The standard InChI is InChI=1S/C16H17BrN4O/c1-11-12(2)19-21(16(22)15(11)8-18)10-20(3)9-13-4-6-14(17)7-5-13/h4-7H,9-10H2,1-3H3/p+1. The maximum Gasteiger partial charge on any atom is 0.289 e. The van der Waals surface area contributed by atoms with E-state index in [-0.39, 0.29) is 11.1 Å². The highest BCUT2D eigenvalue weighted by Crippen LogP contribution is 2.09. The lowest BCUT2D eigenvalue weighted by Gasteiger charge is -2.16. The van der Waals surface area contributed by atoms with Gasteiger partial charge in [-0.25, -0.2) is 0 Å². The Morgan fingerprint density at radius 3 is 2.55 bits per heavy atom. The minimum Gasteiger partial charge on any atom is -0.315 e. The van der Waals surface area contributed by atoms with Crippen LogP contribution in [-0.4, -0.2) is 16.8 Å². The predicted octanol–water partition coefficient (Wildman–Crippen LogP) is 1.17. The highest BCUT2D eigenvalue weighted by Gasteiger charge is 2.14. The van der Waals surface area contributed by atoms with Gasteiger partial charge in [0.15, 0.2) is 6.67 Å². The largest absolute Gasteiger partial charge is 0.315 e. The summed E-state index contributed by atoms with van der Waals surface area (Å²) < 4.78 is 2.43. The van der Waals surface area contributed by atoms with Crippen molar-refractivity contribution in [2.45, 2.75) is 27.1 Å². The molecule has 5 nitrogen and oxygen atoms in total. The van der Waals surface area contributed by atoms with Gasteiger partial charge in [0, 0.05) is 10.0 Å². The Bertz CT molecular complexity index is 774. The lowest BCUT2D eigenvalue weighted by atomic mass is 10.1. The molecule has 1 unspecified atom stereocenters. The van der Waals surface area contributed by atoms with Crippen molar-refractivity contribution in [1.82, 2.24) is 9.78 Å². The number of nitrogens with one attached hydrogen (secondary N) is 1. The van der Waals surface area contributed by atoms with E-state index in [1.807, 2.05) is 44.3 Å². The molecule has 0 spiro atoms. The summed E-state index contributed by atoms with van der Waals surface area (Å²) in [5.74, 6) is 0. The van der Waals surface area contributed by atoms with Gasteiger partial charge >= 0.3 is 0 Å². The van der Waals surface area contributed by atoms with Gasteiger partial charge in [-0.3, -0.25) is 4.79 Å². The Hall–Kier alpha value is -1.97. The van der Waals surface area contributed by atoms with Crippen LogP contribution in [0.1, 0.15) is 22.4 Å². The van der Waals surface area contributed by atoms with E-state index in [2.05, 4.69) is 21.0 Å². The molecule has 0 radical (unpaired) electrons. The number of quaternary nitrogens is 1. The van der Waals surface area contributed by atoms with E-state index in [0.717, 1.165) is 15.9 Å². The molecule has 1 N–H and O–H groups in total. The van der Waals surface area contributed by atoms with Crippen molar-refractivity contribution in [2.24, 2.45) is 0 Å². The van der Waals surface area contributed by atoms with Crippen LogP contribution in [0.25, 0.3) is 0 Å². The van der Waals surface area contributed by atoms with Gasteiger partial charge in [0.25, 0.3) is 5.56 Å². The van der Waals surface area contributed by atoms with Gasteiger partial charge in [0.05, 0.1) is 12.7 Å². The quantitative estimate of drug-likeness (QED) is 0.888. The normalized spacial score (nSPS) is 12.0. The van der Waals surface area contributed by atoms with Crippen molar-refractivity contribution in [2.75, 3.05) is 7.05 Å². The lowest BCUT2D eigenvalue weighted by Crippen LogP contribution is -3.07. The van der Waals surface area contributed by atoms with Gasteiger partial charge in [-0.2, -0.15) is 15.0 Å². The first-order valence-corrected chi connectivity index (χ1v) is 7.76. The highest BCUT2D eigenvalue weighted by atomic mass is 79.9. The van der Waals surface area contributed by atoms with Crippen molar-refractivity contribution in [3.63, 3.8) is 0 Å². The maximum atomic E-state index is 12.3. The van der Waals surface area contributed by atoms with E-state index < -0.39 is 0 Å². The van der Waals surface area contributed by atoms with E-state index >= 15 is 0 Å². The van der Waals surface area contributed by atoms with Gasteiger partial charge in [-0.15, -0.1) is 0 Å². The number of halogens is 1. The number of nitrogens with zero attached hydrogens (tertiary/aromatic N) is 3. The van der Waals surface area contributed by atoms with Gasteiger partial charge < -0.3 is 4.90 Å². The smallest absolute Gasteiger partial charge is 0.289 e. The van der Waals surface area contributed by atoms with Gasteiger partial charge in [0.1, 0.15) is 18.2 Å². The van der Waals surface area contributed by atoms with Crippen LogP contribution in [0, 0.1) is 25.2 Å². The predicted molar refractivity (Wildman–Crippen MR) is 87.4 cm³/mol. The molecule has 0 bridgehead atoms. The molecule has 1 atom stereocenters. The lowest BCUT2D eigenvalue weighted by molar-refractivity contribution is -0.917. The second-order valence-electron chi connectivity index (χ2n) is 5.42. The number of hydrogen-bond acceptors (Lipinski definition) is 3. The van der Waals surface area contributed by atoms with Crippen molar-refractivity contribution in [1.29, 1.82) is 5.26 Å². The van der Waals surface area contributed by atoms with Crippen LogP contribution >= 0.6 is 15.9 Å². The summed E-state index contributed by atoms with van der Waals surface area (Å²) in [5, 5.41) is 13.4. The third-order valence-corrected chi connectivity index (χ3v) is 4.12.